The lowest BCUT2D eigenvalue weighted by Crippen LogP contribution is -2.51. The highest BCUT2D eigenvalue weighted by atomic mass is 32.2. The zero-order chi connectivity index (χ0) is 14.5. The largest absolute Gasteiger partial charge is 0.338 e. The average molecular weight is 290 g/mol. The number of amides is 1. The normalized spacial score (nSPS) is 22.3. The maximum absolute atomic E-state index is 12.3. The molecule has 112 valence electrons. The molecule has 0 spiro atoms. The molecule has 19 heavy (non-hydrogen) atoms. The minimum Gasteiger partial charge on any atom is -0.338 e. The van der Waals surface area contributed by atoms with Crippen LogP contribution in [0.4, 0.5) is 0 Å². The molecule has 0 aromatic heterocycles. The molecule has 1 fully saturated rings. The number of hydrogen-bond acceptors (Lipinski definition) is 4. The number of hydrogen-bond donors (Lipinski definition) is 1. The maximum atomic E-state index is 12.3. The average Bonchev–Trinajstić information content (AvgIpc) is 2.35. The van der Waals surface area contributed by atoms with Crippen LogP contribution in [0.2, 0.25) is 0 Å². The molecule has 0 saturated carbocycles. The molecule has 1 aliphatic heterocycles. The van der Waals surface area contributed by atoms with Crippen molar-refractivity contribution in [3.63, 3.8) is 0 Å². The van der Waals surface area contributed by atoms with Crippen LogP contribution in [-0.2, 0) is 14.6 Å². The van der Waals surface area contributed by atoms with Crippen molar-refractivity contribution in [1.82, 2.24) is 4.90 Å². The van der Waals surface area contributed by atoms with Crippen LogP contribution in [0.1, 0.15) is 45.4 Å². The van der Waals surface area contributed by atoms with Gasteiger partial charge < -0.3 is 10.6 Å². The van der Waals surface area contributed by atoms with Crippen LogP contribution in [0.25, 0.3) is 0 Å². The third-order valence-electron chi connectivity index (χ3n) is 3.65. The van der Waals surface area contributed by atoms with E-state index in [1.54, 1.807) is 0 Å². The Morgan fingerprint density at radius 1 is 1.42 bits per heavy atom. The SMILES string of the molecule is CCCC1CCCCN1C(=O)C(N)CCS(C)(=O)=O. The van der Waals surface area contributed by atoms with Gasteiger partial charge in [0.15, 0.2) is 0 Å². The van der Waals surface area contributed by atoms with Crippen LogP contribution < -0.4 is 5.73 Å². The van der Waals surface area contributed by atoms with Gasteiger partial charge >= 0.3 is 0 Å². The van der Waals surface area contributed by atoms with Crippen molar-refractivity contribution in [1.29, 1.82) is 0 Å². The molecule has 2 unspecified atom stereocenters. The lowest BCUT2D eigenvalue weighted by Gasteiger charge is -2.37. The second-order valence-electron chi connectivity index (χ2n) is 5.49. The van der Waals surface area contributed by atoms with E-state index < -0.39 is 15.9 Å². The van der Waals surface area contributed by atoms with E-state index in [2.05, 4.69) is 6.92 Å². The number of nitrogens with zero attached hydrogens (tertiary/aromatic N) is 1. The van der Waals surface area contributed by atoms with Crippen molar-refractivity contribution in [3.05, 3.63) is 0 Å². The highest BCUT2D eigenvalue weighted by Gasteiger charge is 2.29. The number of carbonyl (C=O) groups is 1. The van der Waals surface area contributed by atoms with E-state index in [-0.39, 0.29) is 24.1 Å². The van der Waals surface area contributed by atoms with E-state index in [9.17, 15) is 13.2 Å². The highest BCUT2D eigenvalue weighted by Crippen LogP contribution is 2.21. The van der Waals surface area contributed by atoms with E-state index in [1.807, 2.05) is 4.90 Å². The number of nitrogens with two attached hydrogens (primary N) is 1. The Kier molecular flexibility index (Phi) is 6.26. The van der Waals surface area contributed by atoms with E-state index in [0.717, 1.165) is 38.6 Å². The second kappa shape index (κ2) is 7.24. The van der Waals surface area contributed by atoms with E-state index in [0.29, 0.717) is 0 Å². The van der Waals surface area contributed by atoms with Gasteiger partial charge in [-0.1, -0.05) is 13.3 Å². The fourth-order valence-electron chi connectivity index (χ4n) is 2.60. The monoisotopic (exact) mass is 290 g/mol. The Morgan fingerprint density at radius 3 is 2.68 bits per heavy atom. The molecular formula is C13H26N2O3S. The molecule has 2 N–H and O–H groups in total. The smallest absolute Gasteiger partial charge is 0.239 e. The van der Waals surface area contributed by atoms with Crippen LogP contribution in [0.3, 0.4) is 0 Å². The molecular weight excluding hydrogens is 264 g/mol. The summed E-state index contributed by atoms with van der Waals surface area (Å²) in [6, 6.07) is -0.400. The number of rotatable bonds is 6. The Labute approximate surface area is 116 Å². The van der Waals surface area contributed by atoms with E-state index >= 15 is 0 Å². The molecule has 1 heterocycles. The van der Waals surface area contributed by atoms with Crippen LogP contribution in [0, 0.1) is 0 Å². The topological polar surface area (TPSA) is 80.5 Å². The van der Waals surface area contributed by atoms with Crippen LogP contribution in [-0.4, -0.2) is 49.9 Å². The predicted molar refractivity (Wildman–Crippen MR) is 76.6 cm³/mol. The van der Waals surface area contributed by atoms with Gasteiger partial charge in [-0.3, -0.25) is 4.79 Å². The van der Waals surface area contributed by atoms with Gasteiger partial charge in [0, 0.05) is 18.8 Å². The van der Waals surface area contributed by atoms with Crippen molar-refractivity contribution in [2.24, 2.45) is 5.73 Å². The summed E-state index contributed by atoms with van der Waals surface area (Å²) >= 11 is 0. The Morgan fingerprint density at radius 2 is 2.11 bits per heavy atom. The first kappa shape index (κ1) is 16.4. The summed E-state index contributed by atoms with van der Waals surface area (Å²) in [5.41, 5.74) is 5.86. The quantitative estimate of drug-likeness (QED) is 0.789. The first-order chi connectivity index (χ1) is 8.85. The summed E-state index contributed by atoms with van der Waals surface area (Å²) in [6.45, 7) is 2.87. The van der Waals surface area contributed by atoms with Gasteiger partial charge in [-0.2, -0.15) is 0 Å². The lowest BCUT2D eigenvalue weighted by atomic mass is 9.97. The molecule has 0 aliphatic carbocycles. The van der Waals surface area contributed by atoms with Gasteiger partial charge in [-0.05, 0) is 32.1 Å². The lowest BCUT2D eigenvalue weighted by molar-refractivity contribution is -0.136. The summed E-state index contributed by atoms with van der Waals surface area (Å²) in [7, 11) is -3.06. The van der Waals surface area contributed by atoms with Gasteiger partial charge in [0.25, 0.3) is 0 Å². The van der Waals surface area contributed by atoms with Crippen molar-refractivity contribution in [3.8, 4) is 0 Å². The third-order valence-corrected chi connectivity index (χ3v) is 4.63. The molecule has 0 bridgehead atoms. The number of sulfone groups is 1. The fourth-order valence-corrected chi connectivity index (χ4v) is 3.28. The second-order valence-corrected chi connectivity index (χ2v) is 7.75. The number of piperidine rings is 1. The standard InChI is InChI=1S/C13H26N2O3S/c1-3-6-11-7-4-5-9-15(11)13(16)12(14)8-10-19(2,17)18/h11-12H,3-10,14H2,1-2H3. The van der Waals surface area contributed by atoms with Crippen molar-refractivity contribution in [2.45, 2.75) is 57.5 Å². The summed E-state index contributed by atoms with van der Waals surface area (Å²) in [4.78, 5) is 14.2. The molecule has 2 atom stereocenters. The van der Waals surface area contributed by atoms with Crippen LogP contribution >= 0.6 is 0 Å². The molecule has 1 amide bonds. The zero-order valence-corrected chi connectivity index (χ0v) is 12.8. The van der Waals surface area contributed by atoms with Crippen molar-refractivity contribution in [2.75, 3.05) is 18.6 Å². The summed E-state index contributed by atoms with van der Waals surface area (Å²) in [6.07, 6.45) is 6.66. The molecule has 0 aromatic rings. The summed E-state index contributed by atoms with van der Waals surface area (Å²) < 4.78 is 22.2. The first-order valence-electron chi connectivity index (χ1n) is 7.09. The molecule has 1 rings (SSSR count). The summed E-state index contributed by atoms with van der Waals surface area (Å²) in [5.74, 6) is -0.103. The van der Waals surface area contributed by atoms with Crippen molar-refractivity contribution >= 4 is 15.7 Å². The van der Waals surface area contributed by atoms with Gasteiger partial charge in [0.1, 0.15) is 9.84 Å². The van der Waals surface area contributed by atoms with Crippen LogP contribution in [0.15, 0.2) is 0 Å². The molecule has 5 nitrogen and oxygen atoms in total. The first-order valence-corrected chi connectivity index (χ1v) is 9.15. The maximum Gasteiger partial charge on any atom is 0.239 e. The van der Waals surface area contributed by atoms with Gasteiger partial charge in [-0.15, -0.1) is 0 Å². The third kappa shape index (κ3) is 5.48. The molecule has 1 saturated heterocycles. The summed E-state index contributed by atoms with van der Waals surface area (Å²) in [5, 5.41) is 0. The Bertz CT molecular complexity index is 393. The van der Waals surface area contributed by atoms with Crippen molar-refractivity contribution < 1.29 is 13.2 Å². The minimum absolute atomic E-state index is 0.0216. The Balaban J connectivity index is 2.58. The Hall–Kier alpha value is -0.620. The fraction of sp³-hybridized carbons (Fsp3) is 0.923. The van der Waals surface area contributed by atoms with E-state index in [4.69, 9.17) is 5.73 Å². The molecule has 0 aromatic carbocycles. The highest BCUT2D eigenvalue weighted by molar-refractivity contribution is 7.90. The number of likely N-dealkylation sites (tertiary alicyclic amines) is 1. The molecule has 1 aliphatic rings. The van der Waals surface area contributed by atoms with Crippen LogP contribution in [0.5, 0.6) is 0 Å². The van der Waals surface area contributed by atoms with Gasteiger partial charge in [0.2, 0.25) is 5.91 Å². The predicted octanol–water partition coefficient (Wildman–Crippen LogP) is 0.930. The van der Waals surface area contributed by atoms with Gasteiger partial charge in [-0.25, -0.2) is 8.42 Å². The molecule has 6 heteroatoms. The molecule has 0 radical (unpaired) electrons. The van der Waals surface area contributed by atoms with E-state index in [1.165, 1.54) is 6.26 Å². The van der Waals surface area contributed by atoms with Gasteiger partial charge in [0.05, 0.1) is 11.8 Å². The number of carbonyl (C=O) groups excluding carboxylic acids is 1. The zero-order valence-electron chi connectivity index (χ0n) is 12.0. The minimum atomic E-state index is -3.06.